The first-order chi connectivity index (χ1) is 13.8. The standard InChI is InChI=1S/C22H25N3O3S/c1-16-13-17(2)15-19(14-16)21-5-3-12-25(21)22(26)18-6-8-20(9-7-18)29(27,28)24-11-4-10-23/h6-9,13-15,21,24H,3-5,11-12H2,1-2H3. The molecule has 0 saturated carbocycles. The summed E-state index contributed by atoms with van der Waals surface area (Å²) >= 11 is 0. The number of nitrogens with one attached hydrogen (secondary N) is 1. The molecule has 1 amide bonds. The van der Waals surface area contributed by atoms with E-state index in [1.165, 1.54) is 23.3 Å². The van der Waals surface area contributed by atoms with E-state index in [-0.39, 0.29) is 29.8 Å². The summed E-state index contributed by atoms with van der Waals surface area (Å²) in [5, 5.41) is 8.54. The average molecular weight is 412 g/mol. The van der Waals surface area contributed by atoms with E-state index in [4.69, 9.17) is 5.26 Å². The third kappa shape index (κ3) is 4.84. The first-order valence-corrected chi connectivity index (χ1v) is 11.2. The molecule has 2 aromatic carbocycles. The number of carbonyl (C=O) groups is 1. The minimum absolute atomic E-state index is 0.0390. The van der Waals surface area contributed by atoms with E-state index in [1.54, 1.807) is 12.1 Å². The van der Waals surface area contributed by atoms with Gasteiger partial charge in [-0.15, -0.1) is 0 Å². The SMILES string of the molecule is Cc1cc(C)cc(C2CCCN2C(=O)c2ccc(S(=O)(=O)NCCC#N)cc2)c1. The molecule has 3 rings (SSSR count). The second-order valence-corrected chi connectivity index (χ2v) is 9.17. The number of hydrogen-bond donors (Lipinski definition) is 1. The summed E-state index contributed by atoms with van der Waals surface area (Å²) in [5.74, 6) is -0.0898. The fraction of sp³-hybridized carbons (Fsp3) is 0.364. The van der Waals surface area contributed by atoms with Gasteiger partial charge in [-0.3, -0.25) is 4.79 Å². The fourth-order valence-corrected chi connectivity index (χ4v) is 4.86. The zero-order valence-corrected chi connectivity index (χ0v) is 17.5. The number of amides is 1. The van der Waals surface area contributed by atoms with Crippen molar-refractivity contribution < 1.29 is 13.2 Å². The van der Waals surface area contributed by atoms with Gasteiger partial charge < -0.3 is 4.90 Å². The molecule has 1 unspecified atom stereocenters. The molecule has 1 atom stereocenters. The lowest BCUT2D eigenvalue weighted by molar-refractivity contribution is 0.0735. The third-order valence-electron chi connectivity index (χ3n) is 5.08. The van der Waals surface area contributed by atoms with Crippen molar-refractivity contribution in [2.75, 3.05) is 13.1 Å². The smallest absolute Gasteiger partial charge is 0.254 e. The maximum Gasteiger partial charge on any atom is 0.254 e. The van der Waals surface area contributed by atoms with Gasteiger partial charge >= 0.3 is 0 Å². The second-order valence-electron chi connectivity index (χ2n) is 7.41. The molecule has 0 aliphatic carbocycles. The normalized spacial score (nSPS) is 16.6. The predicted octanol–water partition coefficient (Wildman–Crippen LogP) is 3.47. The van der Waals surface area contributed by atoms with E-state index in [9.17, 15) is 13.2 Å². The van der Waals surface area contributed by atoms with Crippen LogP contribution in [0.2, 0.25) is 0 Å². The number of hydrogen-bond acceptors (Lipinski definition) is 4. The summed E-state index contributed by atoms with van der Waals surface area (Å²) < 4.78 is 26.8. The Kier molecular flexibility index (Phi) is 6.36. The molecule has 0 spiro atoms. The van der Waals surface area contributed by atoms with Crippen molar-refractivity contribution in [2.45, 2.75) is 44.0 Å². The average Bonchev–Trinajstić information content (AvgIpc) is 3.17. The number of nitriles is 1. The van der Waals surface area contributed by atoms with Crippen molar-refractivity contribution in [1.29, 1.82) is 5.26 Å². The summed E-state index contributed by atoms with van der Waals surface area (Å²) in [6.07, 6.45) is 1.97. The third-order valence-corrected chi connectivity index (χ3v) is 6.56. The Hall–Kier alpha value is -2.69. The van der Waals surface area contributed by atoms with Crippen LogP contribution in [0.3, 0.4) is 0 Å². The van der Waals surface area contributed by atoms with Crippen LogP contribution in [0.15, 0.2) is 47.4 Å². The van der Waals surface area contributed by atoms with Gasteiger partial charge in [0.05, 0.1) is 17.0 Å². The van der Waals surface area contributed by atoms with Crippen molar-refractivity contribution in [3.05, 3.63) is 64.7 Å². The van der Waals surface area contributed by atoms with E-state index >= 15 is 0 Å². The molecule has 1 N–H and O–H groups in total. The lowest BCUT2D eigenvalue weighted by Gasteiger charge is -2.26. The first-order valence-electron chi connectivity index (χ1n) is 9.67. The molecule has 0 aromatic heterocycles. The van der Waals surface area contributed by atoms with E-state index in [1.807, 2.05) is 11.0 Å². The van der Waals surface area contributed by atoms with E-state index in [0.29, 0.717) is 12.1 Å². The van der Waals surface area contributed by atoms with Gasteiger partial charge in [-0.25, -0.2) is 13.1 Å². The Morgan fingerprint density at radius 2 is 1.83 bits per heavy atom. The van der Waals surface area contributed by atoms with Crippen LogP contribution in [0, 0.1) is 25.2 Å². The van der Waals surface area contributed by atoms with Crippen LogP contribution in [-0.4, -0.2) is 32.3 Å². The monoisotopic (exact) mass is 411 g/mol. The summed E-state index contributed by atoms with van der Waals surface area (Å²) in [7, 11) is -3.68. The zero-order chi connectivity index (χ0) is 21.0. The molecular formula is C22H25N3O3S. The summed E-state index contributed by atoms with van der Waals surface area (Å²) in [6.45, 7) is 4.86. The molecule has 29 heavy (non-hydrogen) atoms. The Morgan fingerprint density at radius 3 is 2.45 bits per heavy atom. The molecule has 1 fully saturated rings. The van der Waals surface area contributed by atoms with Crippen LogP contribution < -0.4 is 4.72 Å². The molecule has 1 saturated heterocycles. The van der Waals surface area contributed by atoms with Crippen LogP contribution >= 0.6 is 0 Å². The molecule has 1 aliphatic heterocycles. The van der Waals surface area contributed by atoms with E-state index < -0.39 is 10.0 Å². The maximum atomic E-state index is 13.1. The molecular weight excluding hydrogens is 386 g/mol. The van der Waals surface area contributed by atoms with Crippen molar-refractivity contribution >= 4 is 15.9 Å². The van der Waals surface area contributed by atoms with Crippen LogP contribution in [0.5, 0.6) is 0 Å². The largest absolute Gasteiger partial charge is 0.332 e. The molecule has 152 valence electrons. The number of rotatable bonds is 6. The lowest BCUT2D eigenvalue weighted by Crippen LogP contribution is -2.30. The van der Waals surface area contributed by atoms with Gasteiger partial charge in [0.1, 0.15) is 0 Å². The van der Waals surface area contributed by atoms with Gasteiger partial charge in [0.25, 0.3) is 5.91 Å². The minimum atomic E-state index is -3.68. The second kappa shape index (κ2) is 8.76. The molecule has 2 aromatic rings. The number of sulfonamides is 1. The van der Waals surface area contributed by atoms with Gasteiger partial charge in [-0.2, -0.15) is 5.26 Å². The van der Waals surface area contributed by atoms with Crippen LogP contribution in [0.1, 0.15) is 52.4 Å². The summed E-state index contributed by atoms with van der Waals surface area (Å²) in [4.78, 5) is 15.1. The summed E-state index contributed by atoms with van der Waals surface area (Å²) in [5.41, 5.74) is 3.97. The van der Waals surface area contributed by atoms with Crippen molar-refractivity contribution in [3.8, 4) is 6.07 Å². The number of aryl methyl sites for hydroxylation is 2. The molecule has 6 nitrogen and oxygen atoms in total. The quantitative estimate of drug-likeness (QED) is 0.737. The highest BCUT2D eigenvalue weighted by Gasteiger charge is 2.31. The van der Waals surface area contributed by atoms with Crippen molar-refractivity contribution in [2.24, 2.45) is 0 Å². The van der Waals surface area contributed by atoms with Gasteiger partial charge in [0.15, 0.2) is 0 Å². The molecule has 1 heterocycles. The zero-order valence-electron chi connectivity index (χ0n) is 16.7. The Bertz CT molecular complexity index is 1020. The molecule has 7 heteroatoms. The fourth-order valence-electron chi connectivity index (χ4n) is 3.83. The lowest BCUT2D eigenvalue weighted by atomic mass is 9.99. The van der Waals surface area contributed by atoms with Gasteiger partial charge in [0.2, 0.25) is 10.0 Å². The van der Waals surface area contributed by atoms with Crippen molar-refractivity contribution in [3.63, 3.8) is 0 Å². The first kappa shape index (κ1) is 21.0. The minimum Gasteiger partial charge on any atom is -0.332 e. The van der Waals surface area contributed by atoms with E-state index in [2.05, 4.69) is 36.8 Å². The Morgan fingerprint density at radius 1 is 1.17 bits per heavy atom. The summed E-state index contributed by atoms with van der Waals surface area (Å²) in [6, 6.07) is 14.3. The van der Waals surface area contributed by atoms with E-state index in [0.717, 1.165) is 18.4 Å². The number of benzene rings is 2. The maximum absolute atomic E-state index is 13.1. The Balaban J connectivity index is 1.78. The number of nitrogens with zero attached hydrogens (tertiary/aromatic N) is 2. The van der Waals surface area contributed by atoms with Crippen molar-refractivity contribution in [1.82, 2.24) is 9.62 Å². The highest BCUT2D eigenvalue weighted by atomic mass is 32.2. The number of likely N-dealkylation sites (tertiary alicyclic amines) is 1. The van der Waals surface area contributed by atoms with Crippen LogP contribution in [-0.2, 0) is 10.0 Å². The van der Waals surface area contributed by atoms with Crippen LogP contribution in [0.25, 0.3) is 0 Å². The topological polar surface area (TPSA) is 90.3 Å². The molecule has 1 aliphatic rings. The van der Waals surface area contributed by atoms with Gasteiger partial charge in [0, 0.05) is 25.1 Å². The van der Waals surface area contributed by atoms with Gasteiger partial charge in [-0.05, 0) is 56.5 Å². The Labute approximate surface area is 172 Å². The molecule has 0 bridgehead atoms. The molecule has 0 radical (unpaired) electrons. The predicted molar refractivity (Wildman–Crippen MR) is 111 cm³/mol. The van der Waals surface area contributed by atoms with Gasteiger partial charge in [-0.1, -0.05) is 29.3 Å². The highest BCUT2D eigenvalue weighted by Crippen LogP contribution is 2.34. The highest BCUT2D eigenvalue weighted by molar-refractivity contribution is 7.89. The number of carbonyl (C=O) groups excluding carboxylic acids is 1. The van der Waals surface area contributed by atoms with Crippen LogP contribution in [0.4, 0.5) is 0 Å².